The van der Waals surface area contributed by atoms with Crippen molar-refractivity contribution in [1.29, 1.82) is 0 Å². The average Bonchev–Trinajstić information content (AvgIpc) is 2.08. The molecule has 0 radical (unpaired) electrons. The molecule has 0 spiro atoms. The highest BCUT2D eigenvalue weighted by atomic mass is 19.4. The van der Waals surface area contributed by atoms with Gasteiger partial charge in [-0.15, -0.1) is 0 Å². The Bertz CT molecular complexity index is 126. The van der Waals surface area contributed by atoms with Crippen LogP contribution in [0.5, 0.6) is 0 Å². The van der Waals surface area contributed by atoms with Crippen LogP contribution in [0, 0.1) is 0 Å². The molecule has 0 amide bonds. The summed E-state index contributed by atoms with van der Waals surface area (Å²) in [5.74, 6) is 0. The van der Waals surface area contributed by atoms with Crippen LogP contribution in [-0.2, 0) is 0 Å². The third-order valence-corrected chi connectivity index (χ3v) is 1.72. The lowest BCUT2D eigenvalue weighted by Gasteiger charge is -2.07. The fourth-order valence-electron chi connectivity index (χ4n) is 0.995. The van der Waals surface area contributed by atoms with Crippen molar-refractivity contribution in [2.45, 2.75) is 32.4 Å². The maximum Gasteiger partial charge on any atom is 0.390 e. The van der Waals surface area contributed by atoms with E-state index in [1.54, 1.807) is 0 Å². The molecule has 0 heterocycles. The van der Waals surface area contributed by atoms with Gasteiger partial charge in [-0.05, 0) is 32.5 Å². The molecule has 0 saturated carbocycles. The number of hydrogen-bond acceptors (Lipinski definition) is 2. The van der Waals surface area contributed by atoms with Crippen LogP contribution in [0.1, 0.15) is 26.2 Å². The largest absolute Gasteiger partial charge is 0.390 e. The van der Waals surface area contributed by atoms with E-state index in [1.807, 2.05) is 0 Å². The maximum absolute atomic E-state index is 11.7. The van der Waals surface area contributed by atoms with Gasteiger partial charge in [0.1, 0.15) is 0 Å². The highest BCUT2D eigenvalue weighted by molar-refractivity contribution is 4.55. The van der Waals surface area contributed by atoms with Crippen molar-refractivity contribution in [3.8, 4) is 0 Å². The lowest BCUT2D eigenvalue weighted by Crippen LogP contribution is -2.25. The van der Waals surface area contributed by atoms with Crippen molar-refractivity contribution < 1.29 is 13.2 Å². The summed E-state index contributed by atoms with van der Waals surface area (Å²) < 4.78 is 35.0. The van der Waals surface area contributed by atoms with Crippen molar-refractivity contribution in [2.24, 2.45) is 0 Å². The zero-order valence-corrected chi connectivity index (χ0v) is 8.58. The van der Waals surface area contributed by atoms with E-state index < -0.39 is 12.6 Å². The molecular formula is C9H19F3N2. The van der Waals surface area contributed by atoms with E-state index in [0.717, 1.165) is 25.9 Å². The van der Waals surface area contributed by atoms with Crippen molar-refractivity contribution in [3.63, 3.8) is 0 Å². The summed E-state index contributed by atoms with van der Waals surface area (Å²) in [7, 11) is 0. The molecule has 0 aliphatic heterocycles. The van der Waals surface area contributed by atoms with Crippen LogP contribution < -0.4 is 10.6 Å². The number of alkyl halides is 3. The molecule has 0 rings (SSSR count). The summed E-state index contributed by atoms with van der Waals surface area (Å²) >= 11 is 0. The van der Waals surface area contributed by atoms with E-state index in [1.165, 1.54) is 0 Å². The predicted molar refractivity (Wildman–Crippen MR) is 51.3 cm³/mol. The Labute approximate surface area is 83.3 Å². The monoisotopic (exact) mass is 212 g/mol. The van der Waals surface area contributed by atoms with Crippen LogP contribution in [0.4, 0.5) is 13.2 Å². The molecule has 0 unspecified atom stereocenters. The first-order valence-corrected chi connectivity index (χ1v) is 5.04. The van der Waals surface area contributed by atoms with Gasteiger partial charge in [-0.2, -0.15) is 13.2 Å². The molecule has 0 aromatic carbocycles. The molecule has 0 aromatic heterocycles. The normalized spacial score (nSPS) is 12.0. The molecule has 86 valence electrons. The van der Waals surface area contributed by atoms with E-state index in [0.29, 0.717) is 6.54 Å². The molecular weight excluding hydrogens is 193 g/mol. The first kappa shape index (κ1) is 13.7. The molecule has 0 bridgehead atoms. The highest BCUT2D eigenvalue weighted by Crippen LogP contribution is 2.17. The van der Waals surface area contributed by atoms with Gasteiger partial charge in [0.05, 0.1) is 6.42 Å². The predicted octanol–water partition coefficient (Wildman–Crippen LogP) is 1.92. The van der Waals surface area contributed by atoms with Gasteiger partial charge >= 0.3 is 6.18 Å². The van der Waals surface area contributed by atoms with Gasteiger partial charge in [0.2, 0.25) is 0 Å². The molecule has 2 nitrogen and oxygen atoms in total. The van der Waals surface area contributed by atoms with Gasteiger partial charge in [0.15, 0.2) is 0 Å². The third kappa shape index (κ3) is 11.7. The summed E-state index contributed by atoms with van der Waals surface area (Å²) in [6.07, 6.45) is -2.82. The summed E-state index contributed by atoms with van der Waals surface area (Å²) in [4.78, 5) is 0. The molecule has 0 saturated heterocycles. The van der Waals surface area contributed by atoms with E-state index >= 15 is 0 Å². The van der Waals surface area contributed by atoms with Crippen LogP contribution in [0.15, 0.2) is 0 Å². The molecule has 0 atom stereocenters. The van der Waals surface area contributed by atoms with E-state index in [-0.39, 0.29) is 6.54 Å². The summed E-state index contributed by atoms with van der Waals surface area (Å²) in [5, 5.41) is 5.94. The number of rotatable bonds is 8. The molecule has 14 heavy (non-hydrogen) atoms. The maximum atomic E-state index is 11.7. The van der Waals surface area contributed by atoms with Crippen molar-refractivity contribution >= 4 is 0 Å². The lowest BCUT2D eigenvalue weighted by atomic mass is 10.3. The fourth-order valence-corrected chi connectivity index (χ4v) is 0.995. The Morgan fingerprint density at radius 3 is 2.00 bits per heavy atom. The third-order valence-electron chi connectivity index (χ3n) is 1.72. The first-order chi connectivity index (χ1) is 6.56. The summed E-state index contributed by atoms with van der Waals surface area (Å²) in [5.41, 5.74) is 0. The van der Waals surface area contributed by atoms with Gasteiger partial charge in [-0.25, -0.2) is 0 Å². The number of hydrogen-bond donors (Lipinski definition) is 2. The SMILES string of the molecule is CCCNCCCNCCC(F)(F)F. The van der Waals surface area contributed by atoms with Gasteiger partial charge in [-0.3, -0.25) is 0 Å². The summed E-state index contributed by atoms with van der Waals surface area (Å²) in [6.45, 7) is 4.59. The van der Waals surface area contributed by atoms with Crippen LogP contribution >= 0.6 is 0 Å². The van der Waals surface area contributed by atoms with Gasteiger partial charge < -0.3 is 10.6 Å². The highest BCUT2D eigenvalue weighted by Gasteiger charge is 2.25. The fraction of sp³-hybridized carbons (Fsp3) is 1.00. The molecule has 0 aliphatic carbocycles. The van der Waals surface area contributed by atoms with Crippen molar-refractivity contribution in [3.05, 3.63) is 0 Å². The van der Waals surface area contributed by atoms with Crippen LogP contribution in [-0.4, -0.2) is 32.4 Å². The van der Waals surface area contributed by atoms with Gasteiger partial charge in [0.25, 0.3) is 0 Å². The van der Waals surface area contributed by atoms with Crippen LogP contribution in [0.2, 0.25) is 0 Å². The van der Waals surface area contributed by atoms with E-state index in [4.69, 9.17) is 0 Å². The molecule has 0 fully saturated rings. The number of halogens is 3. The second-order valence-corrected chi connectivity index (χ2v) is 3.22. The second-order valence-electron chi connectivity index (χ2n) is 3.22. The van der Waals surface area contributed by atoms with E-state index in [9.17, 15) is 13.2 Å². The quantitative estimate of drug-likeness (QED) is 0.601. The van der Waals surface area contributed by atoms with Crippen LogP contribution in [0.25, 0.3) is 0 Å². The molecule has 5 heteroatoms. The number of nitrogens with one attached hydrogen (secondary N) is 2. The minimum Gasteiger partial charge on any atom is -0.317 e. The van der Waals surface area contributed by atoms with Crippen molar-refractivity contribution in [2.75, 3.05) is 26.2 Å². The molecule has 0 aromatic rings. The Balaban J connectivity index is 2.99. The van der Waals surface area contributed by atoms with Crippen LogP contribution in [0.3, 0.4) is 0 Å². The van der Waals surface area contributed by atoms with Crippen molar-refractivity contribution in [1.82, 2.24) is 10.6 Å². The topological polar surface area (TPSA) is 24.1 Å². The Morgan fingerprint density at radius 1 is 0.929 bits per heavy atom. The molecule has 2 N–H and O–H groups in total. The molecule has 0 aliphatic rings. The zero-order valence-electron chi connectivity index (χ0n) is 8.58. The Morgan fingerprint density at radius 2 is 1.50 bits per heavy atom. The first-order valence-electron chi connectivity index (χ1n) is 5.04. The average molecular weight is 212 g/mol. The van der Waals surface area contributed by atoms with Gasteiger partial charge in [0, 0.05) is 6.54 Å². The minimum atomic E-state index is -4.03. The lowest BCUT2D eigenvalue weighted by molar-refractivity contribution is -0.133. The second kappa shape index (κ2) is 8.05. The van der Waals surface area contributed by atoms with E-state index in [2.05, 4.69) is 17.6 Å². The zero-order chi connectivity index (χ0) is 10.9. The standard InChI is InChI=1S/C9H19F3N2/c1-2-5-13-6-3-7-14-8-4-9(10,11)12/h13-14H,2-8H2,1H3. The summed E-state index contributed by atoms with van der Waals surface area (Å²) in [6, 6.07) is 0. The Hall–Kier alpha value is -0.290. The van der Waals surface area contributed by atoms with Gasteiger partial charge in [-0.1, -0.05) is 6.92 Å². The minimum absolute atomic E-state index is 0.0251. The smallest absolute Gasteiger partial charge is 0.317 e. The Kier molecular flexibility index (Phi) is 7.89.